The van der Waals surface area contributed by atoms with E-state index in [1.807, 2.05) is 4.90 Å². The molecule has 0 saturated carbocycles. The third kappa shape index (κ3) is 4.27. The van der Waals surface area contributed by atoms with Gasteiger partial charge in [-0.1, -0.05) is 23.7 Å². The van der Waals surface area contributed by atoms with Crippen LogP contribution in [0.3, 0.4) is 0 Å². The van der Waals surface area contributed by atoms with E-state index in [9.17, 15) is 0 Å². The molecule has 0 fully saturated rings. The van der Waals surface area contributed by atoms with E-state index in [2.05, 4.69) is 0 Å². The van der Waals surface area contributed by atoms with Crippen molar-refractivity contribution in [3.8, 4) is 0 Å². The summed E-state index contributed by atoms with van der Waals surface area (Å²) in [6, 6.07) is 5.19. The highest BCUT2D eigenvalue weighted by molar-refractivity contribution is 6.31. The van der Waals surface area contributed by atoms with Crippen LogP contribution in [0, 0.1) is 5.41 Å². The third-order valence-corrected chi connectivity index (χ3v) is 2.94. The van der Waals surface area contributed by atoms with E-state index >= 15 is 0 Å². The number of hydrogen-bond acceptors (Lipinski definition) is 4. The van der Waals surface area contributed by atoms with Crippen molar-refractivity contribution in [2.45, 2.75) is 6.54 Å². The average molecular weight is 272 g/mol. The molecule has 0 unspecified atom stereocenters. The Morgan fingerprint density at radius 1 is 1.28 bits per heavy atom. The average Bonchev–Trinajstić information content (AvgIpc) is 2.32. The van der Waals surface area contributed by atoms with Gasteiger partial charge in [0.1, 0.15) is 5.84 Å². The van der Waals surface area contributed by atoms with Crippen LogP contribution in [0.4, 0.5) is 0 Å². The normalized spacial score (nSPS) is 10.9. The van der Waals surface area contributed by atoms with Crippen molar-refractivity contribution in [1.82, 2.24) is 4.90 Å². The first kappa shape index (κ1) is 14.9. The first-order valence-corrected chi connectivity index (χ1v) is 6.03. The monoisotopic (exact) mass is 271 g/mol. The van der Waals surface area contributed by atoms with Crippen LogP contribution in [-0.4, -0.2) is 47.3 Å². The Labute approximate surface area is 111 Å². The summed E-state index contributed by atoms with van der Waals surface area (Å²) in [6.45, 7) is 1.56. The van der Waals surface area contributed by atoms with E-state index in [4.69, 9.17) is 33.0 Å². The number of nitrogens with one attached hydrogen (secondary N) is 1. The first-order chi connectivity index (χ1) is 8.58. The van der Waals surface area contributed by atoms with Crippen LogP contribution in [0.1, 0.15) is 11.1 Å². The SMILES string of the molecule is N=C(N)c1ccc(CN(CCO)CCO)c(Cl)c1. The first-order valence-electron chi connectivity index (χ1n) is 5.65. The molecule has 6 heteroatoms. The zero-order valence-electron chi connectivity index (χ0n) is 10.1. The number of rotatable bonds is 7. The lowest BCUT2D eigenvalue weighted by Gasteiger charge is -2.20. The summed E-state index contributed by atoms with van der Waals surface area (Å²) in [5, 5.41) is 25.7. The van der Waals surface area contributed by atoms with Gasteiger partial charge in [0, 0.05) is 30.2 Å². The molecule has 0 spiro atoms. The van der Waals surface area contributed by atoms with Crippen LogP contribution in [-0.2, 0) is 6.54 Å². The second kappa shape index (κ2) is 7.33. The van der Waals surface area contributed by atoms with E-state index in [0.29, 0.717) is 30.2 Å². The number of nitrogens with two attached hydrogens (primary N) is 1. The number of hydrogen-bond donors (Lipinski definition) is 4. The number of nitrogen functional groups attached to an aromatic ring is 1. The minimum Gasteiger partial charge on any atom is -0.395 e. The summed E-state index contributed by atoms with van der Waals surface area (Å²) in [6.07, 6.45) is 0. The quantitative estimate of drug-likeness (QED) is 0.427. The van der Waals surface area contributed by atoms with Gasteiger partial charge in [-0.25, -0.2) is 0 Å². The van der Waals surface area contributed by atoms with Gasteiger partial charge in [0.25, 0.3) is 0 Å². The molecule has 0 aliphatic carbocycles. The summed E-state index contributed by atoms with van der Waals surface area (Å²) >= 11 is 6.11. The summed E-state index contributed by atoms with van der Waals surface area (Å²) < 4.78 is 0. The molecule has 1 rings (SSSR count). The highest BCUT2D eigenvalue weighted by Gasteiger charge is 2.09. The van der Waals surface area contributed by atoms with E-state index in [-0.39, 0.29) is 19.0 Å². The second-order valence-corrected chi connectivity index (χ2v) is 4.35. The topological polar surface area (TPSA) is 93.6 Å². The third-order valence-electron chi connectivity index (χ3n) is 2.59. The maximum Gasteiger partial charge on any atom is 0.122 e. The van der Waals surface area contributed by atoms with Gasteiger partial charge in [-0.2, -0.15) is 0 Å². The summed E-state index contributed by atoms with van der Waals surface area (Å²) in [7, 11) is 0. The fourth-order valence-corrected chi connectivity index (χ4v) is 1.88. The van der Waals surface area contributed by atoms with Crippen molar-refractivity contribution < 1.29 is 10.2 Å². The molecular formula is C12H18ClN3O2. The Kier molecular flexibility index (Phi) is 6.07. The molecule has 0 radical (unpaired) electrons. The summed E-state index contributed by atoms with van der Waals surface area (Å²) in [4.78, 5) is 1.90. The van der Waals surface area contributed by atoms with Crippen LogP contribution >= 0.6 is 11.6 Å². The van der Waals surface area contributed by atoms with Crippen LogP contribution in [0.5, 0.6) is 0 Å². The van der Waals surface area contributed by atoms with Crippen molar-refractivity contribution in [2.75, 3.05) is 26.3 Å². The molecule has 100 valence electrons. The van der Waals surface area contributed by atoms with Gasteiger partial charge >= 0.3 is 0 Å². The van der Waals surface area contributed by atoms with Crippen LogP contribution in [0.25, 0.3) is 0 Å². The fourth-order valence-electron chi connectivity index (χ4n) is 1.64. The van der Waals surface area contributed by atoms with Crippen molar-refractivity contribution in [3.05, 3.63) is 34.3 Å². The van der Waals surface area contributed by atoms with Crippen LogP contribution < -0.4 is 5.73 Å². The minimum atomic E-state index is -0.0222. The largest absolute Gasteiger partial charge is 0.395 e. The molecule has 1 aromatic rings. The number of amidine groups is 1. The maximum atomic E-state index is 8.93. The number of nitrogens with zero attached hydrogens (tertiary/aromatic N) is 1. The predicted octanol–water partition coefficient (Wildman–Crippen LogP) is 0.411. The number of halogens is 1. The van der Waals surface area contributed by atoms with Gasteiger partial charge in [0.2, 0.25) is 0 Å². The van der Waals surface area contributed by atoms with Gasteiger partial charge in [0.05, 0.1) is 13.2 Å². The van der Waals surface area contributed by atoms with Crippen LogP contribution in [0.2, 0.25) is 5.02 Å². The minimum absolute atomic E-state index is 0.0222. The number of benzene rings is 1. The molecule has 18 heavy (non-hydrogen) atoms. The molecule has 0 aliphatic rings. The molecule has 0 bridgehead atoms. The molecule has 0 saturated heterocycles. The lowest BCUT2D eigenvalue weighted by Crippen LogP contribution is -2.29. The van der Waals surface area contributed by atoms with Crippen molar-refractivity contribution in [2.24, 2.45) is 5.73 Å². The molecule has 0 aromatic heterocycles. The molecule has 1 aromatic carbocycles. The Morgan fingerprint density at radius 3 is 2.33 bits per heavy atom. The van der Waals surface area contributed by atoms with Crippen LogP contribution in [0.15, 0.2) is 18.2 Å². The van der Waals surface area contributed by atoms with Gasteiger partial charge in [0.15, 0.2) is 0 Å². The molecular weight excluding hydrogens is 254 g/mol. The molecule has 5 N–H and O–H groups in total. The van der Waals surface area contributed by atoms with E-state index in [1.165, 1.54) is 0 Å². The zero-order chi connectivity index (χ0) is 13.5. The highest BCUT2D eigenvalue weighted by atomic mass is 35.5. The van der Waals surface area contributed by atoms with Gasteiger partial charge in [-0.15, -0.1) is 0 Å². The second-order valence-electron chi connectivity index (χ2n) is 3.94. The van der Waals surface area contributed by atoms with E-state index in [0.717, 1.165) is 5.56 Å². The number of aliphatic hydroxyl groups is 2. The molecule has 0 atom stereocenters. The summed E-state index contributed by atoms with van der Waals surface area (Å²) in [5.74, 6) is -0.0222. The molecule has 0 aliphatic heterocycles. The molecule has 0 heterocycles. The standard InChI is InChI=1S/C12H18ClN3O2/c13-11-7-9(12(14)15)1-2-10(11)8-16(3-5-17)4-6-18/h1-2,7,17-18H,3-6,8H2,(H3,14,15). The summed E-state index contributed by atoms with van der Waals surface area (Å²) in [5.41, 5.74) is 6.84. The molecule has 5 nitrogen and oxygen atoms in total. The van der Waals surface area contributed by atoms with Crippen molar-refractivity contribution >= 4 is 17.4 Å². The Hall–Kier alpha value is -1.14. The van der Waals surface area contributed by atoms with Gasteiger partial charge in [-0.3, -0.25) is 10.3 Å². The maximum absolute atomic E-state index is 8.93. The van der Waals surface area contributed by atoms with Gasteiger partial charge in [-0.05, 0) is 11.6 Å². The number of aliphatic hydroxyl groups excluding tert-OH is 2. The lowest BCUT2D eigenvalue weighted by molar-refractivity contribution is 0.156. The zero-order valence-corrected chi connectivity index (χ0v) is 10.8. The Bertz CT molecular complexity index is 406. The van der Waals surface area contributed by atoms with Gasteiger partial charge < -0.3 is 15.9 Å². The van der Waals surface area contributed by atoms with Crippen molar-refractivity contribution in [3.63, 3.8) is 0 Å². The Balaban J connectivity index is 2.79. The predicted molar refractivity (Wildman–Crippen MR) is 71.9 cm³/mol. The van der Waals surface area contributed by atoms with E-state index in [1.54, 1.807) is 18.2 Å². The Morgan fingerprint density at radius 2 is 1.89 bits per heavy atom. The smallest absolute Gasteiger partial charge is 0.122 e. The molecule has 0 amide bonds. The highest BCUT2D eigenvalue weighted by Crippen LogP contribution is 2.19. The van der Waals surface area contributed by atoms with Crippen molar-refractivity contribution in [1.29, 1.82) is 5.41 Å². The fraction of sp³-hybridized carbons (Fsp3) is 0.417. The lowest BCUT2D eigenvalue weighted by atomic mass is 10.1. The van der Waals surface area contributed by atoms with E-state index < -0.39 is 0 Å².